The average molecular weight is 216 g/mol. The molecule has 6 nitrogen and oxygen atoms in total. The van der Waals surface area contributed by atoms with Crippen LogP contribution in [0.3, 0.4) is 0 Å². The van der Waals surface area contributed by atoms with Gasteiger partial charge in [-0.05, 0) is 12.8 Å². The van der Waals surface area contributed by atoms with Crippen LogP contribution in [0.2, 0.25) is 0 Å². The van der Waals surface area contributed by atoms with Gasteiger partial charge in [-0.3, -0.25) is 4.79 Å². The predicted molar refractivity (Wildman–Crippen MR) is 52.3 cm³/mol. The van der Waals surface area contributed by atoms with Crippen molar-refractivity contribution in [2.24, 2.45) is 5.92 Å². The Balaban J connectivity index is 2.30. The van der Waals surface area contributed by atoms with Gasteiger partial charge in [0, 0.05) is 26.1 Å². The van der Waals surface area contributed by atoms with Gasteiger partial charge in [-0.25, -0.2) is 4.79 Å². The van der Waals surface area contributed by atoms with Crippen molar-refractivity contribution in [2.45, 2.75) is 12.8 Å². The molecule has 1 aliphatic rings. The maximum Gasteiger partial charge on any atom is 0.407 e. The number of likely N-dealkylation sites (tertiary alicyclic amines) is 1. The van der Waals surface area contributed by atoms with E-state index in [1.165, 1.54) is 12.0 Å². The molecular formula is C9H16N2O4. The van der Waals surface area contributed by atoms with Crippen molar-refractivity contribution < 1.29 is 19.4 Å². The van der Waals surface area contributed by atoms with Gasteiger partial charge in [0.1, 0.15) is 6.73 Å². The number of hydrogen-bond donors (Lipinski definition) is 2. The summed E-state index contributed by atoms with van der Waals surface area (Å²) < 4.78 is 4.73. The van der Waals surface area contributed by atoms with Gasteiger partial charge in [0.05, 0.1) is 0 Å². The number of hydrogen-bond acceptors (Lipinski definition) is 3. The van der Waals surface area contributed by atoms with Crippen LogP contribution in [0.15, 0.2) is 0 Å². The molecule has 0 aromatic carbocycles. The minimum Gasteiger partial charge on any atom is -0.465 e. The summed E-state index contributed by atoms with van der Waals surface area (Å²) in [7, 11) is 1.51. The molecule has 1 heterocycles. The highest BCUT2D eigenvalue weighted by atomic mass is 16.5. The molecule has 0 radical (unpaired) electrons. The largest absolute Gasteiger partial charge is 0.465 e. The van der Waals surface area contributed by atoms with Gasteiger partial charge >= 0.3 is 6.09 Å². The lowest BCUT2D eigenvalue weighted by Crippen LogP contribution is -2.42. The Hall–Kier alpha value is -1.30. The van der Waals surface area contributed by atoms with Crippen LogP contribution in [-0.4, -0.2) is 48.9 Å². The van der Waals surface area contributed by atoms with Crippen molar-refractivity contribution in [2.75, 3.05) is 26.9 Å². The molecule has 0 saturated carbocycles. The third-order valence-corrected chi connectivity index (χ3v) is 2.53. The number of rotatable bonds is 3. The molecule has 0 atom stereocenters. The van der Waals surface area contributed by atoms with E-state index < -0.39 is 6.09 Å². The van der Waals surface area contributed by atoms with E-state index in [0.717, 1.165) is 0 Å². The maximum absolute atomic E-state index is 11.5. The van der Waals surface area contributed by atoms with Crippen LogP contribution >= 0.6 is 0 Å². The normalized spacial score (nSPS) is 17.5. The molecule has 1 saturated heterocycles. The second-order valence-corrected chi connectivity index (χ2v) is 3.52. The van der Waals surface area contributed by atoms with Gasteiger partial charge in [0.15, 0.2) is 0 Å². The molecule has 2 amide bonds. The SMILES string of the molecule is COCNC(=O)C1CCN(C(=O)O)CC1. The Morgan fingerprint density at radius 1 is 1.47 bits per heavy atom. The van der Waals surface area contributed by atoms with E-state index in [1.807, 2.05) is 0 Å². The van der Waals surface area contributed by atoms with E-state index in [0.29, 0.717) is 25.9 Å². The first-order chi connectivity index (χ1) is 7.15. The lowest BCUT2D eigenvalue weighted by Gasteiger charge is -2.29. The van der Waals surface area contributed by atoms with Gasteiger partial charge in [0.25, 0.3) is 0 Å². The zero-order valence-corrected chi connectivity index (χ0v) is 8.73. The number of ether oxygens (including phenoxy) is 1. The van der Waals surface area contributed by atoms with Crippen LogP contribution in [0.25, 0.3) is 0 Å². The quantitative estimate of drug-likeness (QED) is 0.656. The fourth-order valence-corrected chi connectivity index (χ4v) is 1.62. The number of carbonyl (C=O) groups excluding carboxylic acids is 1. The molecule has 1 fully saturated rings. The molecular weight excluding hydrogens is 200 g/mol. The summed E-state index contributed by atoms with van der Waals surface area (Å²) in [4.78, 5) is 23.4. The molecule has 0 spiro atoms. The lowest BCUT2D eigenvalue weighted by atomic mass is 9.96. The highest BCUT2D eigenvalue weighted by Gasteiger charge is 2.26. The van der Waals surface area contributed by atoms with Crippen LogP contribution in [0.4, 0.5) is 4.79 Å². The fourth-order valence-electron chi connectivity index (χ4n) is 1.62. The number of carbonyl (C=O) groups is 2. The van der Waals surface area contributed by atoms with Gasteiger partial charge in [-0.15, -0.1) is 0 Å². The van der Waals surface area contributed by atoms with Gasteiger partial charge < -0.3 is 20.1 Å². The summed E-state index contributed by atoms with van der Waals surface area (Å²) in [6, 6.07) is 0. The minimum atomic E-state index is -0.911. The Labute approximate surface area is 88.2 Å². The molecule has 0 aliphatic carbocycles. The van der Waals surface area contributed by atoms with Gasteiger partial charge in [0.2, 0.25) is 5.91 Å². The van der Waals surface area contributed by atoms with Crippen molar-refractivity contribution in [1.82, 2.24) is 10.2 Å². The molecule has 86 valence electrons. The summed E-state index contributed by atoms with van der Waals surface area (Å²) in [5.74, 6) is -0.141. The molecule has 0 unspecified atom stereocenters. The van der Waals surface area contributed by atoms with Gasteiger partial charge in [-0.1, -0.05) is 0 Å². The third kappa shape index (κ3) is 3.39. The molecule has 0 bridgehead atoms. The summed E-state index contributed by atoms with van der Waals surface area (Å²) in [5, 5.41) is 11.3. The summed E-state index contributed by atoms with van der Waals surface area (Å²) in [5.41, 5.74) is 0. The molecule has 0 aromatic heterocycles. The zero-order valence-electron chi connectivity index (χ0n) is 8.73. The first-order valence-corrected chi connectivity index (χ1v) is 4.89. The van der Waals surface area contributed by atoms with Crippen LogP contribution in [0, 0.1) is 5.92 Å². The van der Waals surface area contributed by atoms with E-state index in [2.05, 4.69) is 5.32 Å². The zero-order chi connectivity index (χ0) is 11.3. The van der Waals surface area contributed by atoms with Crippen LogP contribution in [-0.2, 0) is 9.53 Å². The lowest BCUT2D eigenvalue weighted by molar-refractivity contribution is -0.127. The van der Waals surface area contributed by atoms with E-state index in [1.54, 1.807) is 0 Å². The van der Waals surface area contributed by atoms with E-state index in [4.69, 9.17) is 9.84 Å². The minimum absolute atomic E-state index is 0.0538. The maximum atomic E-state index is 11.5. The Morgan fingerprint density at radius 2 is 2.07 bits per heavy atom. The average Bonchev–Trinajstić information content (AvgIpc) is 2.26. The summed E-state index contributed by atoms with van der Waals surface area (Å²) in [6.45, 7) is 1.07. The number of carboxylic acid groups (broad SMARTS) is 1. The number of nitrogens with one attached hydrogen (secondary N) is 1. The Bertz CT molecular complexity index is 236. The van der Waals surface area contributed by atoms with Crippen LogP contribution in [0.5, 0.6) is 0 Å². The highest BCUT2D eigenvalue weighted by Crippen LogP contribution is 2.17. The Kier molecular flexibility index (Phi) is 4.36. The molecule has 0 aromatic rings. The van der Waals surface area contributed by atoms with E-state index in [-0.39, 0.29) is 18.6 Å². The number of amides is 2. The third-order valence-electron chi connectivity index (χ3n) is 2.53. The molecule has 1 aliphatic heterocycles. The molecule has 2 N–H and O–H groups in total. The van der Waals surface area contributed by atoms with E-state index in [9.17, 15) is 9.59 Å². The topological polar surface area (TPSA) is 78.9 Å². The first kappa shape index (κ1) is 11.8. The number of nitrogens with zero attached hydrogens (tertiary/aromatic N) is 1. The monoisotopic (exact) mass is 216 g/mol. The van der Waals surface area contributed by atoms with Crippen LogP contribution < -0.4 is 5.32 Å². The fraction of sp³-hybridized carbons (Fsp3) is 0.778. The van der Waals surface area contributed by atoms with Crippen molar-refractivity contribution in [1.29, 1.82) is 0 Å². The second-order valence-electron chi connectivity index (χ2n) is 3.52. The molecule has 6 heteroatoms. The van der Waals surface area contributed by atoms with Crippen molar-refractivity contribution in [3.05, 3.63) is 0 Å². The van der Waals surface area contributed by atoms with Crippen molar-refractivity contribution in [3.8, 4) is 0 Å². The smallest absolute Gasteiger partial charge is 0.407 e. The molecule has 1 rings (SSSR count). The Morgan fingerprint density at radius 3 is 2.53 bits per heavy atom. The second kappa shape index (κ2) is 5.55. The standard InChI is InChI=1S/C9H16N2O4/c1-15-6-10-8(12)7-2-4-11(5-3-7)9(13)14/h7H,2-6H2,1H3,(H,10,12)(H,13,14). The molecule has 15 heavy (non-hydrogen) atoms. The van der Waals surface area contributed by atoms with Crippen LogP contribution in [0.1, 0.15) is 12.8 Å². The highest BCUT2D eigenvalue weighted by molar-refractivity contribution is 5.78. The number of piperidine rings is 1. The number of methoxy groups -OCH3 is 1. The predicted octanol–water partition coefficient (Wildman–Crippen LogP) is 0.0965. The summed E-state index contributed by atoms with van der Waals surface area (Å²) >= 11 is 0. The van der Waals surface area contributed by atoms with Gasteiger partial charge in [-0.2, -0.15) is 0 Å². The van der Waals surface area contributed by atoms with E-state index >= 15 is 0 Å². The summed E-state index contributed by atoms with van der Waals surface area (Å²) in [6.07, 6.45) is 0.259. The first-order valence-electron chi connectivity index (χ1n) is 4.89. The van der Waals surface area contributed by atoms with Crippen molar-refractivity contribution >= 4 is 12.0 Å². The van der Waals surface area contributed by atoms with Crippen molar-refractivity contribution in [3.63, 3.8) is 0 Å².